The highest BCUT2D eigenvalue weighted by Crippen LogP contribution is 2.30. The van der Waals surface area contributed by atoms with Crippen LogP contribution < -0.4 is 15.2 Å². The topological polar surface area (TPSA) is 78.6 Å². The highest BCUT2D eigenvalue weighted by atomic mass is 16.5. The fraction of sp³-hybridized carbons (Fsp3) is 0.385. The summed E-state index contributed by atoms with van der Waals surface area (Å²) in [7, 11) is 0. The molecule has 0 atom stereocenters. The number of carbonyl (C=O) groups excluding carboxylic acids is 2. The minimum Gasteiger partial charge on any atom is -0.493 e. The van der Waals surface area contributed by atoms with E-state index in [0.717, 1.165) is 6.42 Å². The molecule has 0 saturated carbocycles. The summed E-state index contributed by atoms with van der Waals surface area (Å²) in [5.41, 5.74) is 6.08. The molecule has 0 aliphatic carbocycles. The van der Waals surface area contributed by atoms with Gasteiger partial charge in [-0.3, -0.25) is 9.59 Å². The van der Waals surface area contributed by atoms with Gasteiger partial charge in [-0.25, -0.2) is 0 Å². The molecule has 0 unspecified atom stereocenters. The Kier molecular flexibility index (Phi) is 5.17. The number of primary amides is 1. The third kappa shape index (κ3) is 3.48. The zero-order chi connectivity index (χ0) is 13.5. The van der Waals surface area contributed by atoms with Crippen molar-refractivity contribution in [2.24, 2.45) is 5.73 Å². The quantitative estimate of drug-likeness (QED) is 0.744. The van der Waals surface area contributed by atoms with E-state index in [1.54, 1.807) is 19.1 Å². The summed E-state index contributed by atoms with van der Waals surface area (Å²) in [5.74, 6) is 0.394. The molecule has 0 heterocycles. The Labute approximate surface area is 106 Å². The standard InChI is InChI=1S/C13H17NO4/c1-3-6-17-11-5-4-10(7-15)13(9(11)2)18-8-12(14)16/h4-5,7H,3,6,8H2,1-2H3,(H2,14,16). The maximum absolute atomic E-state index is 10.9. The molecule has 0 bridgehead atoms. The molecule has 18 heavy (non-hydrogen) atoms. The number of ether oxygens (including phenoxy) is 2. The van der Waals surface area contributed by atoms with Crippen LogP contribution in [0.3, 0.4) is 0 Å². The molecule has 0 spiro atoms. The van der Waals surface area contributed by atoms with Crippen molar-refractivity contribution in [3.8, 4) is 11.5 Å². The van der Waals surface area contributed by atoms with Crippen LogP contribution in [0, 0.1) is 6.92 Å². The lowest BCUT2D eigenvalue weighted by Gasteiger charge is -2.14. The second-order valence-electron chi connectivity index (χ2n) is 3.83. The molecule has 0 aliphatic rings. The maximum Gasteiger partial charge on any atom is 0.255 e. The molecule has 0 saturated heterocycles. The summed E-state index contributed by atoms with van der Waals surface area (Å²) in [5, 5.41) is 0. The molecule has 98 valence electrons. The Morgan fingerprint density at radius 3 is 2.67 bits per heavy atom. The molecule has 0 aromatic heterocycles. The number of nitrogens with two attached hydrogens (primary N) is 1. The second kappa shape index (κ2) is 6.64. The van der Waals surface area contributed by atoms with Gasteiger partial charge in [0.2, 0.25) is 0 Å². The lowest BCUT2D eigenvalue weighted by Crippen LogP contribution is -2.20. The summed E-state index contributed by atoms with van der Waals surface area (Å²) in [6, 6.07) is 3.31. The average Bonchev–Trinajstić information content (AvgIpc) is 2.35. The van der Waals surface area contributed by atoms with Crippen molar-refractivity contribution >= 4 is 12.2 Å². The fourth-order valence-electron chi connectivity index (χ4n) is 1.49. The van der Waals surface area contributed by atoms with Crippen molar-refractivity contribution in [2.45, 2.75) is 20.3 Å². The van der Waals surface area contributed by atoms with E-state index in [9.17, 15) is 9.59 Å². The molecule has 1 aromatic rings. The molecular weight excluding hydrogens is 234 g/mol. The lowest BCUT2D eigenvalue weighted by atomic mass is 10.1. The van der Waals surface area contributed by atoms with Crippen LogP contribution in [-0.4, -0.2) is 25.4 Å². The number of benzene rings is 1. The predicted molar refractivity (Wildman–Crippen MR) is 67.0 cm³/mol. The molecule has 5 heteroatoms. The highest BCUT2D eigenvalue weighted by Gasteiger charge is 2.12. The Morgan fingerprint density at radius 2 is 2.11 bits per heavy atom. The predicted octanol–water partition coefficient (Wildman–Crippen LogP) is 1.46. The Hall–Kier alpha value is -2.04. The highest BCUT2D eigenvalue weighted by molar-refractivity contribution is 5.82. The van der Waals surface area contributed by atoms with Gasteiger partial charge in [-0.15, -0.1) is 0 Å². The molecule has 1 aromatic carbocycles. The van der Waals surface area contributed by atoms with Crippen LogP contribution in [0.25, 0.3) is 0 Å². The third-order valence-corrected chi connectivity index (χ3v) is 2.33. The number of rotatable bonds is 7. The van der Waals surface area contributed by atoms with Gasteiger partial charge in [-0.1, -0.05) is 6.92 Å². The van der Waals surface area contributed by atoms with Crippen LogP contribution in [0.2, 0.25) is 0 Å². The van der Waals surface area contributed by atoms with Crippen LogP contribution in [0.5, 0.6) is 11.5 Å². The van der Waals surface area contributed by atoms with E-state index in [2.05, 4.69) is 0 Å². The van der Waals surface area contributed by atoms with E-state index in [1.807, 2.05) is 6.92 Å². The van der Waals surface area contributed by atoms with Gasteiger partial charge in [0.25, 0.3) is 5.91 Å². The van der Waals surface area contributed by atoms with Crippen molar-refractivity contribution in [1.82, 2.24) is 0 Å². The first-order valence-electron chi connectivity index (χ1n) is 5.72. The molecule has 0 fully saturated rings. The monoisotopic (exact) mass is 251 g/mol. The van der Waals surface area contributed by atoms with Crippen LogP contribution in [-0.2, 0) is 4.79 Å². The van der Waals surface area contributed by atoms with Gasteiger partial charge in [0.1, 0.15) is 11.5 Å². The van der Waals surface area contributed by atoms with Crippen molar-refractivity contribution < 1.29 is 19.1 Å². The van der Waals surface area contributed by atoms with Gasteiger partial charge < -0.3 is 15.2 Å². The summed E-state index contributed by atoms with van der Waals surface area (Å²) in [6.45, 7) is 4.09. The molecule has 1 rings (SSSR count). The number of hydrogen-bond donors (Lipinski definition) is 1. The Bertz CT molecular complexity index is 443. The van der Waals surface area contributed by atoms with Crippen LogP contribution in [0.1, 0.15) is 29.3 Å². The van der Waals surface area contributed by atoms with Gasteiger partial charge in [0.05, 0.1) is 12.2 Å². The van der Waals surface area contributed by atoms with E-state index in [0.29, 0.717) is 35.5 Å². The van der Waals surface area contributed by atoms with E-state index < -0.39 is 5.91 Å². The zero-order valence-corrected chi connectivity index (χ0v) is 10.6. The molecular formula is C13H17NO4. The van der Waals surface area contributed by atoms with Gasteiger partial charge in [0, 0.05) is 5.56 Å². The molecule has 1 amide bonds. The number of aldehydes is 1. The van der Waals surface area contributed by atoms with Gasteiger partial charge in [-0.2, -0.15) is 0 Å². The van der Waals surface area contributed by atoms with E-state index >= 15 is 0 Å². The maximum atomic E-state index is 10.9. The molecule has 0 radical (unpaired) electrons. The second-order valence-corrected chi connectivity index (χ2v) is 3.83. The summed E-state index contributed by atoms with van der Waals surface area (Å²) in [4.78, 5) is 21.6. The van der Waals surface area contributed by atoms with Crippen molar-refractivity contribution in [2.75, 3.05) is 13.2 Å². The summed E-state index contributed by atoms with van der Waals surface area (Å²) in [6.07, 6.45) is 1.55. The largest absolute Gasteiger partial charge is 0.493 e. The zero-order valence-electron chi connectivity index (χ0n) is 10.6. The third-order valence-electron chi connectivity index (χ3n) is 2.33. The Balaban J connectivity index is 3.01. The first kappa shape index (κ1) is 14.0. The van der Waals surface area contributed by atoms with Crippen molar-refractivity contribution in [3.05, 3.63) is 23.3 Å². The van der Waals surface area contributed by atoms with Crippen molar-refractivity contribution in [3.63, 3.8) is 0 Å². The minimum atomic E-state index is -0.592. The number of carbonyl (C=O) groups is 2. The molecule has 0 aliphatic heterocycles. The van der Waals surface area contributed by atoms with Gasteiger partial charge in [0.15, 0.2) is 12.9 Å². The SMILES string of the molecule is CCCOc1ccc(C=O)c(OCC(N)=O)c1C. The number of amides is 1. The number of hydrogen-bond acceptors (Lipinski definition) is 4. The smallest absolute Gasteiger partial charge is 0.255 e. The fourth-order valence-corrected chi connectivity index (χ4v) is 1.49. The molecule has 5 nitrogen and oxygen atoms in total. The van der Waals surface area contributed by atoms with E-state index in [4.69, 9.17) is 15.2 Å². The van der Waals surface area contributed by atoms with Gasteiger partial charge >= 0.3 is 0 Å². The molecule has 2 N–H and O–H groups in total. The summed E-state index contributed by atoms with van der Waals surface area (Å²) < 4.78 is 10.8. The van der Waals surface area contributed by atoms with E-state index in [-0.39, 0.29) is 6.61 Å². The minimum absolute atomic E-state index is 0.265. The lowest BCUT2D eigenvalue weighted by molar-refractivity contribution is -0.119. The van der Waals surface area contributed by atoms with Crippen molar-refractivity contribution in [1.29, 1.82) is 0 Å². The van der Waals surface area contributed by atoms with Crippen LogP contribution >= 0.6 is 0 Å². The van der Waals surface area contributed by atoms with Gasteiger partial charge in [-0.05, 0) is 25.5 Å². The normalized spacial score (nSPS) is 9.89. The first-order chi connectivity index (χ1) is 8.60. The van der Waals surface area contributed by atoms with Crippen LogP contribution in [0.4, 0.5) is 0 Å². The first-order valence-corrected chi connectivity index (χ1v) is 5.72. The summed E-state index contributed by atoms with van der Waals surface area (Å²) >= 11 is 0. The van der Waals surface area contributed by atoms with E-state index in [1.165, 1.54) is 0 Å². The Morgan fingerprint density at radius 1 is 1.39 bits per heavy atom. The van der Waals surface area contributed by atoms with Crippen LogP contribution in [0.15, 0.2) is 12.1 Å². The average molecular weight is 251 g/mol.